The van der Waals surface area contributed by atoms with Gasteiger partial charge in [-0.2, -0.15) is 0 Å². The van der Waals surface area contributed by atoms with Crippen LogP contribution in [0.5, 0.6) is 0 Å². The molecule has 0 fully saturated rings. The number of fused-ring (bicyclic) bond motifs is 3. The Bertz CT molecular complexity index is 601. The highest BCUT2D eigenvalue weighted by molar-refractivity contribution is 5.82. The van der Waals surface area contributed by atoms with Gasteiger partial charge in [0.2, 0.25) is 0 Å². The van der Waals surface area contributed by atoms with Crippen LogP contribution in [0.1, 0.15) is 24.5 Å². The fraction of sp³-hybridized carbons (Fsp3) is 0.158. The van der Waals surface area contributed by atoms with Gasteiger partial charge in [0.15, 0.2) is 0 Å². The van der Waals surface area contributed by atoms with Gasteiger partial charge in [-0.25, -0.2) is 0 Å². The van der Waals surface area contributed by atoms with Crippen molar-refractivity contribution in [2.45, 2.75) is 18.8 Å². The van der Waals surface area contributed by atoms with E-state index in [2.05, 4.69) is 74.2 Å². The molecule has 0 unspecified atom stereocenters. The molecule has 19 heavy (non-hydrogen) atoms. The molecule has 2 aromatic rings. The van der Waals surface area contributed by atoms with Crippen LogP contribution in [-0.4, -0.2) is 0 Å². The molecule has 94 valence electrons. The molecule has 1 aliphatic carbocycles. The fourth-order valence-corrected chi connectivity index (χ4v) is 3.34. The summed E-state index contributed by atoms with van der Waals surface area (Å²) < 4.78 is 0. The first-order valence-corrected chi connectivity index (χ1v) is 6.77. The Hall–Kier alpha value is -2.08. The monoisotopic (exact) mass is 246 g/mol. The molecule has 3 rings (SSSR count). The molecule has 2 aromatic carbocycles. The second-order valence-corrected chi connectivity index (χ2v) is 5.06. The van der Waals surface area contributed by atoms with E-state index >= 15 is 0 Å². The van der Waals surface area contributed by atoms with Gasteiger partial charge < -0.3 is 0 Å². The van der Waals surface area contributed by atoms with Gasteiger partial charge in [-0.1, -0.05) is 66.8 Å². The largest absolute Gasteiger partial charge is 0.103 e. The van der Waals surface area contributed by atoms with Crippen LogP contribution in [0, 0.1) is 0 Å². The van der Waals surface area contributed by atoms with Gasteiger partial charge in [0, 0.05) is 5.41 Å². The molecule has 0 aliphatic heterocycles. The van der Waals surface area contributed by atoms with E-state index in [4.69, 9.17) is 0 Å². The first-order valence-electron chi connectivity index (χ1n) is 6.77. The van der Waals surface area contributed by atoms with Crippen molar-refractivity contribution < 1.29 is 0 Å². The molecular formula is C19H18. The maximum absolute atomic E-state index is 3.96. The predicted octanol–water partition coefficient (Wildman–Crippen LogP) is 5.11. The molecule has 0 N–H and O–H groups in total. The average molecular weight is 246 g/mol. The molecule has 0 atom stereocenters. The molecule has 0 amide bonds. The van der Waals surface area contributed by atoms with Gasteiger partial charge in [-0.15, -0.1) is 6.58 Å². The Morgan fingerprint density at radius 1 is 0.947 bits per heavy atom. The zero-order chi connectivity index (χ0) is 13.3. The van der Waals surface area contributed by atoms with Gasteiger partial charge >= 0.3 is 0 Å². The molecule has 0 saturated carbocycles. The maximum Gasteiger partial charge on any atom is 0.0428 e. The summed E-state index contributed by atoms with van der Waals surface area (Å²) in [6.45, 7) is 6.06. The van der Waals surface area contributed by atoms with Gasteiger partial charge in [0.05, 0.1) is 0 Å². The highest BCUT2D eigenvalue weighted by atomic mass is 14.4. The van der Waals surface area contributed by atoms with Gasteiger partial charge in [0.25, 0.3) is 0 Å². The third-order valence-electron chi connectivity index (χ3n) is 4.02. The minimum atomic E-state index is -0.0380. The molecule has 0 radical (unpaired) electrons. The lowest BCUT2D eigenvalue weighted by atomic mass is 9.75. The SMILES string of the molecule is C=CCC1(/C=C/C)c2ccccc2-c2ccccc21. The Kier molecular flexibility index (Phi) is 2.87. The lowest BCUT2D eigenvalue weighted by Gasteiger charge is -2.27. The van der Waals surface area contributed by atoms with Crippen molar-refractivity contribution in [2.75, 3.05) is 0 Å². The molecule has 0 saturated heterocycles. The van der Waals surface area contributed by atoms with Crippen molar-refractivity contribution in [1.29, 1.82) is 0 Å². The molecule has 0 bridgehead atoms. The van der Waals surface area contributed by atoms with Crippen LogP contribution in [0.3, 0.4) is 0 Å². The van der Waals surface area contributed by atoms with Crippen molar-refractivity contribution in [3.05, 3.63) is 84.5 Å². The van der Waals surface area contributed by atoms with Gasteiger partial charge in [0.1, 0.15) is 0 Å². The molecule has 0 spiro atoms. The topological polar surface area (TPSA) is 0 Å². The summed E-state index contributed by atoms with van der Waals surface area (Å²) in [4.78, 5) is 0. The second-order valence-electron chi connectivity index (χ2n) is 5.06. The molecule has 1 aliphatic rings. The summed E-state index contributed by atoms with van der Waals surface area (Å²) in [5, 5.41) is 0. The van der Waals surface area contributed by atoms with Crippen LogP contribution in [0.4, 0.5) is 0 Å². The van der Waals surface area contributed by atoms with Gasteiger partial charge in [-0.05, 0) is 35.6 Å². The van der Waals surface area contributed by atoms with E-state index in [1.165, 1.54) is 22.3 Å². The fourth-order valence-electron chi connectivity index (χ4n) is 3.34. The quantitative estimate of drug-likeness (QED) is 0.660. The molecule has 0 nitrogen and oxygen atoms in total. The van der Waals surface area contributed by atoms with Crippen molar-refractivity contribution in [1.82, 2.24) is 0 Å². The minimum absolute atomic E-state index is 0.0380. The molecule has 0 heterocycles. The maximum atomic E-state index is 3.96. The van der Waals surface area contributed by atoms with Crippen LogP contribution in [-0.2, 0) is 5.41 Å². The zero-order valence-corrected chi connectivity index (χ0v) is 11.3. The van der Waals surface area contributed by atoms with E-state index in [1.54, 1.807) is 0 Å². The summed E-state index contributed by atoms with van der Waals surface area (Å²) in [6.07, 6.45) is 7.44. The summed E-state index contributed by atoms with van der Waals surface area (Å²) in [6, 6.07) is 17.4. The standard InChI is InChI=1S/C19H18/c1-3-13-19(14-4-2)17-11-7-5-9-15(17)16-10-6-8-12-18(16)19/h3-12,14H,1,13H2,2H3/b14-4+. The lowest BCUT2D eigenvalue weighted by Crippen LogP contribution is -2.21. The average Bonchev–Trinajstić information content (AvgIpc) is 2.72. The molecular weight excluding hydrogens is 228 g/mol. The highest BCUT2D eigenvalue weighted by Crippen LogP contribution is 2.51. The van der Waals surface area contributed by atoms with E-state index in [1.807, 2.05) is 6.08 Å². The minimum Gasteiger partial charge on any atom is -0.103 e. The summed E-state index contributed by atoms with van der Waals surface area (Å²) in [5.41, 5.74) is 5.48. The van der Waals surface area contributed by atoms with Crippen LogP contribution < -0.4 is 0 Å². The van der Waals surface area contributed by atoms with Crippen LogP contribution >= 0.6 is 0 Å². The van der Waals surface area contributed by atoms with E-state index in [0.29, 0.717) is 0 Å². The third kappa shape index (κ3) is 1.60. The Morgan fingerprint density at radius 2 is 1.47 bits per heavy atom. The third-order valence-corrected chi connectivity index (χ3v) is 4.02. The zero-order valence-electron chi connectivity index (χ0n) is 11.3. The Morgan fingerprint density at radius 3 is 1.95 bits per heavy atom. The van der Waals surface area contributed by atoms with Crippen molar-refractivity contribution in [3.63, 3.8) is 0 Å². The van der Waals surface area contributed by atoms with E-state index in [9.17, 15) is 0 Å². The second kappa shape index (κ2) is 4.55. The van der Waals surface area contributed by atoms with Crippen molar-refractivity contribution >= 4 is 0 Å². The number of hydrogen-bond donors (Lipinski definition) is 0. The van der Waals surface area contributed by atoms with Crippen molar-refractivity contribution in [3.8, 4) is 11.1 Å². The summed E-state index contributed by atoms with van der Waals surface area (Å²) >= 11 is 0. The normalized spacial score (nSPS) is 15.2. The number of rotatable bonds is 3. The van der Waals surface area contributed by atoms with Crippen molar-refractivity contribution in [2.24, 2.45) is 0 Å². The number of benzene rings is 2. The first-order chi connectivity index (χ1) is 9.33. The van der Waals surface area contributed by atoms with E-state index in [0.717, 1.165) is 6.42 Å². The van der Waals surface area contributed by atoms with Crippen LogP contribution in [0.25, 0.3) is 11.1 Å². The Labute approximate surface area is 115 Å². The molecule has 0 aromatic heterocycles. The van der Waals surface area contributed by atoms with Crippen LogP contribution in [0.2, 0.25) is 0 Å². The van der Waals surface area contributed by atoms with E-state index < -0.39 is 0 Å². The Balaban J connectivity index is 2.38. The summed E-state index contributed by atoms with van der Waals surface area (Å²) in [5.74, 6) is 0. The number of hydrogen-bond acceptors (Lipinski definition) is 0. The van der Waals surface area contributed by atoms with Crippen LogP contribution in [0.15, 0.2) is 73.3 Å². The number of allylic oxidation sites excluding steroid dienone is 3. The highest BCUT2D eigenvalue weighted by Gasteiger charge is 2.39. The lowest BCUT2D eigenvalue weighted by molar-refractivity contribution is 0.672. The van der Waals surface area contributed by atoms with Gasteiger partial charge in [-0.3, -0.25) is 0 Å². The predicted molar refractivity (Wildman–Crippen MR) is 82.3 cm³/mol. The first kappa shape index (κ1) is 12.0. The summed E-state index contributed by atoms with van der Waals surface area (Å²) in [7, 11) is 0. The van der Waals surface area contributed by atoms with E-state index in [-0.39, 0.29) is 5.41 Å². The molecule has 0 heteroatoms. The smallest absolute Gasteiger partial charge is 0.0428 e.